The minimum Gasteiger partial charge on any atom is -0.488 e. The van der Waals surface area contributed by atoms with Crippen LogP contribution < -0.4 is 20.2 Å². The predicted molar refractivity (Wildman–Crippen MR) is 187 cm³/mol. The quantitative estimate of drug-likeness (QED) is 0.174. The summed E-state index contributed by atoms with van der Waals surface area (Å²) in [4.78, 5) is 21.7. The van der Waals surface area contributed by atoms with Crippen molar-refractivity contribution in [1.82, 2.24) is 29.1 Å². The summed E-state index contributed by atoms with van der Waals surface area (Å²) in [7, 11) is 0. The van der Waals surface area contributed by atoms with Gasteiger partial charge in [0.15, 0.2) is 6.29 Å². The van der Waals surface area contributed by atoms with E-state index in [0.29, 0.717) is 11.7 Å². The number of benzene rings is 3. The summed E-state index contributed by atoms with van der Waals surface area (Å²) in [6.07, 6.45) is 4.57. The van der Waals surface area contributed by atoms with Gasteiger partial charge in [-0.25, -0.2) is 32.5 Å². The minimum atomic E-state index is -1.23. The number of piperazine rings is 1. The van der Waals surface area contributed by atoms with Crippen LogP contribution >= 0.6 is 0 Å². The molecule has 51 heavy (non-hydrogen) atoms. The molecule has 268 valence electrons. The molecule has 2 saturated heterocycles. The standard InChI is InChI=1S/C37H42F2N8O4/c1-4-34(26(2)3)47-36(48)46(25-42-47)30-8-6-28(7-9-30)43-15-17-44(18-16-43)29-10-12-31(13-11-29)49-20-35-50-22-37(51-35,21-45-24-40-23-41-45)32-14-5-27(38)19-33(32)39/h5-14,19,23-26,34-35H,4,15-18,20-22H2,1-3H3/t34-,35-,37?/m0/s1. The zero-order chi connectivity index (χ0) is 35.5. The lowest BCUT2D eigenvalue weighted by molar-refractivity contribution is -0.117. The molecular weight excluding hydrogens is 658 g/mol. The molecule has 4 heterocycles. The Balaban J connectivity index is 0.923. The van der Waals surface area contributed by atoms with Crippen LogP contribution in [0.25, 0.3) is 5.69 Å². The third-order valence-electron chi connectivity index (χ3n) is 9.72. The fraction of sp³-hybridized carbons (Fsp3) is 0.405. The van der Waals surface area contributed by atoms with E-state index in [1.807, 2.05) is 36.4 Å². The molecule has 2 aliphatic rings. The van der Waals surface area contributed by atoms with Gasteiger partial charge in [0.2, 0.25) is 0 Å². The molecule has 1 unspecified atom stereocenters. The normalized spacial score (nSPS) is 19.9. The number of aromatic nitrogens is 6. The number of nitrogens with zero attached hydrogens (tertiary/aromatic N) is 8. The lowest BCUT2D eigenvalue weighted by atomic mass is 9.94. The molecule has 3 atom stereocenters. The predicted octanol–water partition coefficient (Wildman–Crippen LogP) is 5.18. The summed E-state index contributed by atoms with van der Waals surface area (Å²) in [5.74, 6) is -0.433. The first-order valence-corrected chi connectivity index (χ1v) is 17.3. The molecule has 7 rings (SSSR count). The van der Waals surface area contributed by atoms with Crippen molar-refractivity contribution in [3.8, 4) is 11.4 Å². The van der Waals surface area contributed by atoms with Crippen LogP contribution in [-0.4, -0.2) is 74.8 Å². The Hall–Kier alpha value is -5.08. The maximum atomic E-state index is 14.9. The number of ether oxygens (including phenoxy) is 3. The van der Waals surface area contributed by atoms with Crippen LogP contribution in [0, 0.1) is 17.6 Å². The number of anilines is 2. The van der Waals surface area contributed by atoms with Crippen molar-refractivity contribution >= 4 is 11.4 Å². The number of hydrogen-bond acceptors (Lipinski definition) is 9. The molecule has 2 aromatic heterocycles. The molecule has 12 nitrogen and oxygen atoms in total. The summed E-state index contributed by atoms with van der Waals surface area (Å²) < 4.78 is 51.5. The SMILES string of the molecule is CC[C@@H](C(C)C)n1ncn(-c2ccc(N3CCN(c4ccc(OC[C@H]5OCC(Cn6cncn6)(c6ccc(F)cc6F)O5)cc4)CC3)cc2)c1=O. The van der Waals surface area contributed by atoms with Crippen LogP contribution in [0.5, 0.6) is 5.75 Å². The highest BCUT2D eigenvalue weighted by Gasteiger charge is 2.45. The molecule has 3 aromatic carbocycles. The van der Waals surface area contributed by atoms with Crippen molar-refractivity contribution < 1.29 is 23.0 Å². The summed E-state index contributed by atoms with van der Waals surface area (Å²) in [5.41, 5.74) is 1.83. The maximum Gasteiger partial charge on any atom is 0.350 e. The minimum absolute atomic E-state index is 0.0298. The third-order valence-corrected chi connectivity index (χ3v) is 9.72. The van der Waals surface area contributed by atoms with E-state index in [0.717, 1.165) is 55.7 Å². The van der Waals surface area contributed by atoms with Crippen LogP contribution in [0.3, 0.4) is 0 Å². The van der Waals surface area contributed by atoms with Gasteiger partial charge in [0.25, 0.3) is 0 Å². The molecule has 0 bridgehead atoms. The van der Waals surface area contributed by atoms with Gasteiger partial charge in [0.05, 0.1) is 24.9 Å². The van der Waals surface area contributed by atoms with E-state index in [1.165, 1.54) is 29.5 Å². The lowest BCUT2D eigenvalue weighted by Crippen LogP contribution is -2.46. The molecule has 5 aromatic rings. The Morgan fingerprint density at radius 2 is 1.57 bits per heavy atom. The van der Waals surface area contributed by atoms with Gasteiger partial charge in [-0.3, -0.25) is 0 Å². The average molecular weight is 701 g/mol. The van der Waals surface area contributed by atoms with E-state index < -0.39 is 23.5 Å². The Morgan fingerprint density at radius 3 is 2.18 bits per heavy atom. The van der Waals surface area contributed by atoms with Crippen molar-refractivity contribution in [2.45, 2.75) is 51.7 Å². The van der Waals surface area contributed by atoms with Gasteiger partial charge in [0.1, 0.15) is 48.6 Å². The van der Waals surface area contributed by atoms with Crippen LogP contribution in [-0.2, 0) is 21.6 Å². The van der Waals surface area contributed by atoms with Crippen molar-refractivity contribution in [3.05, 3.63) is 113 Å². The summed E-state index contributed by atoms with van der Waals surface area (Å²) >= 11 is 0. The Bertz CT molecular complexity index is 1960. The molecule has 0 N–H and O–H groups in total. The van der Waals surface area contributed by atoms with Gasteiger partial charge in [-0.15, -0.1) is 0 Å². The Kier molecular flexibility index (Phi) is 9.87. The Labute approximate surface area is 294 Å². The molecule has 0 aliphatic carbocycles. The van der Waals surface area contributed by atoms with E-state index in [1.54, 1.807) is 15.6 Å². The van der Waals surface area contributed by atoms with Gasteiger partial charge in [0, 0.05) is 49.2 Å². The molecule has 14 heteroatoms. The maximum absolute atomic E-state index is 14.9. The molecule has 0 radical (unpaired) electrons. The van der Waals surface area contributed by atoms with Crippen LogP contribution in [0.15, 0.2) is 90.5 Å². The van der Waals surface area contributed by atoms with Gasteiger partial charge in [-0.1, -0.05) is 26.8 Å². The highest BCUT2D eigenvalue weighted by molar-refractivity contribution is 5.54. The van der Waals surface area contributed by atoms with Gasteiger partial charge in [-0.2, -0.15) is 10.2 Å². The summed E-state index contributed by atoms with van der Waals surface area (Å²) in [6.45, 7) is 9.93. The monoisotopic (exact) mass is 700 g/mol. The molecular formula is C37H42F2N8O4. The lowest BCUT2D eigenvalue weighted by Gasteiger charge is -2.37. The highest BCUT2D eigenvalue weighted by Crippen LogP contribution is 2.37. The van der Waals surface area contributed by atoms with Crippen molar-refractivity contribution in [2.75, 3.05) is 49.2 Å². The molecule has 2 aliphatic heterocycles. The van der Waals surface area contributed by atoms with Gasteiger partial charge < -0.3 is 24.0 Å². The summed E-state index contributed by atoms with van der Waals surface area (Å²) in [6, 6.07) is 19.4. The van der Waals surface area contributed by atoms with Crippen molar-refractivity contribution in [1.29, 1.82) is 0 Å². The molecule has 2 fully saturated rings. The fourth-order valence-corrected chi connectivity index (χ4v) is 6.99. The van der Waals surface area contributed by atoms with Gasteiger partial charge in [-0.05, 0) is 66.9 Å². The first-order chi connectivity index (χ1) is 24.7. The van der Waals surface area contributed by atoms with E-state index in [4.69, 9.17) is 14.2 Å². The smallest absolute Gasteiger partial charge is 0.350 e. The average Bonchev–Trinajstić information content (AvgIpc) is 3.90. The molecule has 0 amide bonds. The van der Waals surface area contributed by atoms with E-state index in [-0.39, 0.29) is 37.1 Å². The van der Waals surface area contributed by atoms with Gasteiger partial charge >= 0.3 is 5.69 Å². The van der Waals surface area contributed by atoms with Crippen LogP contribution in [0.2, 0.25) is 0 Å². The van der Waals surface area contributed by atoms with E-state index in [2.05, 4.69) is 57.9 Å². The van der Waals surface area contributed by atoms with Crippen molar-refractivity contribution in [2.24, 2.45) is 5.92 Å². The third kappa shape index (κ3) is 7.24. The Morgan fingerprint density at radius 1 is 0.902 bits per heavy atom. The zero-order valence-electron chi connectivity index (χ0n) is 28.9. The highest BCUT2D eigenvalue weighted by atomic mass is 19.1. The van der Waals surface area contributed by atoms with E-state index in [9.17, 15) is 13.6 Å². The summed E-state index contributed by atoms with van der Waals surface area (Å²) in [5, 5.41) is 8.54. The number of rotatable bonds is 12. The molecule has 0 spiro atoms. The fourth-order valence-electron chi connectivity index (χ4n) is 6.99. The van der Waals surface area contributed by atoms with Crippen molar-refractivity contribution in [3.63, 3.8) is 0 Å². The van der Waals surface area contributed by atoms with Crippen LogP contribution in [0.4, 0.5) is 20.2 Å². The second-order valence-electron chi connectivity index (χ2n) is 13.3. The molecule has 0 saturated carbocycles. The largest absolute Gasteiger partial charge is 0.488 e. The van der Waals surface area contributed by atoms with Crippen LogP contribution in [0.1, 0.15) is 38.8 Å². The first-order valence-electron chi connectivity index (χ1n) is 17.3. The topological polar surface area (TPSA) is 105 Å². The second-order valence-corrected chi connectivity index (χ2v) is 13.3. The number of halogens is 2. The van der Waals surface area contributed by atoms with E-state index >= 15 is 0 Å². The second kappa shape index (κ2) is 14.6. The zero-order valence-corrected chi connectivity index (χ0v) is 28.9. The first kappa shape index (κ1) is 34.4. The number of hydrogen-bond donors (Lipinski definition) is 0.